The Morgan fingerprint density at radius 2 is 2.08 bits per heavy atom. The summed E-state index contributed by atoms with van der Waals surface area (Å²) in [5, 5.41) is 7.57. The summed E-state index contributed by atoms with van der Waals surface area (Å²) in [7, 11) is 0. The van der Waals surface area contributed by atoms with Gasteiger partial charge in [-0.15, -0.1) is 11.8 Å². The molecule has 3 N–H and O–H groups in total. The van der Waals surface area contributed by atoms with Crippen LogP contribution in [0.5, 0.6) is 0 Å². The number of carbonyl (C=O) groups is 2. The van der Waals surface area contributed by atoms with Crippen LogP contribution in [0.4, 0.5) is 0 Å². The van der Waals surface area contributed by atoms with Crippen LogP contribution in [0.2, 0.25) is 5.02 Å². The molecule has 1 heterocycles. The molecule has 1 aliphatic rings. The average Bonchev–Trinajstić information content (AvgIpc) is 3.06. The first-order valence-electron chi connectivity index (χ1n) is 7.60. The van der Waals surface area contributed by atoms with E-state index >= 15 is 0 Å². The van der Waals surface area contributed by atoms with Gasteiger partial charge in [0.1, 0.15) is 0 Å². The SMILES string of the molecule is O=C(CSc1ccc(Cl)cc1)NNC(=O)[C@@H]1CCc2cn[nH]c2C1. The number of benzene rings is 1. The zero-order chi connectivity index (χ0) is 16.9. The van der Waals surface area contributed by atoms with Crippen LogP contribution in [0.15, 0.2) is 35.4 Å². The number of aromatic amines is 1. The summed E-state index contributed by atoms with van der Waals surface area (Å²) >= 11 is 7.20. The molecular formula is C16H17ClN4O2S. The quantitative estimate of drug-likeness (QED) is 0.572. The van der Waals surface area contributed by atoms with Gasteiger partial charge in [0, 0.05) is 28.0 Å². The summed E-state index contributed by atoms with van der Waals surface area (Å²) < 4.78 is 0. The van der Waals surface area contributed by atoms with E-state index < -0.39 is 0 Å². The van der Waals surface area contributed by atoms with Crippen molar-refractivity contribution in [2.24, 2.45) is 5.92 Å². The van der Waals surface area contributed by atoms with Crippen LogP contribution in [-0.4, -0.2) is 27.8 Å². The first-order chi connectivity index (χ1) is 11.6. The molecule has 0 aliphatic heterocycles. The molecule has 6 nitrogen and oxygen atoms in total. The summed E-state index contributed by atoms with van der Waals surface area (Å²) in [6.45, 7) is 0. The number of nitrogens with zero attached hydrogens (tertiary/aromatic N) is 1. The van der Waals surface area contributed by atoms with Gasteiger partial charge in [-0.2, -0.15) is 5.10 Å². The number of H-pyrrole nitrogens is 1. The molecule has 1 aromatic carbocycles. The second kappa shape index (κ2) is 7.72. The number of halogens is 1. The number of hydrogen-bond acceptors (Lipinski definition) is 4. The lowest BCUT2D eigenvalue weighted by atomic mass is 9.88. The molecule has 3 rings (SSSR count). The van der Waals surface area contributed by atoms with Gasteiger partial charge < -0.3 is 0 Å². The van der Waals surface area contributed by atoms with Gasteiger partial charge in [-0.1, -0.05) is 11.6 Å². The number of aryl methyl sites for hydroxylation is 1. The monoisotopic (exact) mass is 364 g/mol. The number of amides is 2. The second-order valence-corrected chi connectivity index (χ2v) is 7.08. The fourth-order valence-electron chi connectivity index (χ4n) is 2.58. The molecule has 24 heavy (non-hydrogen) atoms. The van der Waals surface area contributed by atoms with Crippen LogP contribution in [0.1, 0.15) is 17.7 Å². The minimum atomic E-state index is -0.249. The van der Waals surface area contributed by atoms with Crippen molar-refractivity contribution in [1.82, 2.24) is 21.0 Å². The van der Waals surface area contributed by atoms with Gasteiger partial charge in [0.15, 0.2) is 0 Å². The smallest absolute Gasteiger partial charge is 0.248 e. The summed E-state index contributed by atoms with van der Waals surface area (Å²) in [5.74, 6) is -0.347. The van der Waals surface area contributed by atoms with Crippen LogP contribution >= 0.6 is 23.4 Å². The largest absolute Gasteiger partial charge is 0.282 e. The van der Waals surface area contributed by atoms with E-state index in [-0.39, 0.29) is 23.5 Å². The maximum atomic E-state index is 12.2. The number of carbonyl (C=O) groups excluding carboxylic acids is 2. The Balaban J connectivity index is 1.41. The van der Waals surface area contributed by atoms with Gasteiger partial charge in [0.05, 0.1) is 11.9 Å². The predicted octanol–water partition coefficient (Wildman–Crippen LogP) is 2.11. The Hall–Kier alpha value is -1.99. The Bertz CT molecular complexity index is 732. The third-order valence-electron chi connectivity index (χ3n) is 3.90. The molecule has 0 spiro atoms. The molecular weight excluding hydrogens is 348 g/mol. The number of hydrogen-bond donors (Lipinski definition) is 3. The maximum Gasteiger partial charge on any atom is 0.248 e. The van der Waals surface area contributed by atoms with Gasteiger partial charge >= 0.3 is 0 Å². The van der Waals surface area contributed by atoms with Crippen molar-refractivity contribution in [2.75, 3.05) is 5.75 Å². The van der Waals surface area contributed by atoms with Crippen molar-refractivity contribution >= 4 is 35.2 Å². The van der Waals surface area contributed by atoms with E-state index in [9.17, 15) is 9.59 Å². The van der Waals surface area contributed by atoms with E-state index in [0.717, 1.165) is 23.4 Å². The summed E-state index contributed by atoms with van der Waals surface area (Å²) in [6.07, 6.45) is 4.01. The zero-order valence-electron chi connectivity index (χ0n) is 12.8. The van der Waals surface area contributed by atoms with Crippen molar-refractivity contribution in [3.8, 4) is 0 Å². The normalized spacial score (nSPS) is 16.3. The lowest BCUT2D eigenvalue weighted by molar-refractivity contribution is -0.130. The summed E-state index contributed by atoms with van der Waals surface area (Å²) in [6, 6.07) is 7.25. The van der Waals surface area contributed by atoms with Gasteiger partial charge in [0.2, 0.25) is 11.8 Å². The Morgan fingerprint density at radius 3 is 2.88 bits per heavy atom. The van der Waals surface area contributed by atoms with E-state index in [2.05, 4.69) is 21.0 Å². The van der Waals surface area contributed by atoms with E-state index in [0.29, 0.717) is 11.4 Å². The lowest BCUT2D eigenvalue weighted by Crippen LogP contribution is -2.46. The molecule has 2 amide bonds. The van der Waals surface area contributed by atoms with Gasteiger partial charge in [-0.3, -0.25) is 25.5 Å². The van der Waals surface area contributed by atoms with Crippen molar-refractivity contribution in [2.45, 2.75) is 24.2 Å². The Labute approximate surface area is 148 Å². The fourth-order valence-corrected chi connectivity index (χ4v) is 3.41. The van der Waals surface area contributed by atoms with Crippen LogP contribution in [0, 0.1) is 5.92 Å². The minimum Gasteiger partial charge on any atom is -0.282 e. The summed E-state index contributed by atoms with van der Waals surface area (Å²) in [4.78, 5) is 24.9. The molecule has 1 atom stereocenters. The van der Waals surface area contributed by atoms with E-state index in [1.807, 2.05) is 12.1 Å². The highest BCUT2D eigenvalue weighted by molar-refractivity contribution is 8.00. The molecule has 0 saturated carbocycles. The average molecular weight is 365 g/mol. The number of hydrazine groups is 1. The van der Waals surface area contributed by atoms with Crippen LogP contribution in [0.3, 0.4) is 0 Å². The van der Waals surface area contributed by atoms with Crippen LogP contribution in [-0.2, 0) is 22.4 Å². The molecule has 1 aromatic heterocycles. The summed E-state index contributed by atoms with van der Waals surface area (Å²) in [5.41, 5.74) is 7.16. The maximum absolute atomic E-state index is 12.2. The molecule has 8 heteroatoms. The number of nitrogens with one attached hydrogen (secondary N) is 3. The van der Waals surface area contributed by atoms with Crippen molar-refractivity contribution < 1.29 is 9.59 Å². The van der Waals surface area contributed by atoms with Crippen LogP contribution in [0.25, 0.3) is 0 Å². The van der Waals surface area contributed by atoms with Gasteiger partial charge in [0.25, 0.3) is 0 Å². The molecule has 0 unspecified atom stereocenters. The first-order valence-corrected chi connectivity index (χ1v) is 8.96. The first kappa shape index (κ1) is 16.9. The van der Waals surface area contributed by atoms with E-state index in [4.69, 9.17) is 11.6 Å². The highest BCUT2D eigenvalue weighted by Gasteiger charge is 2.26. The highest BCUT2D eigenvalue weighted by atomic mass is 35.5. The van der Waals surface area contributed by atoms with Crippen molar-refractivity contribution in [3.63, 3.8) is 0 Å². The predicted molar refractivity (Wildman–Crippen MR) is 92.6 cm³/mol. The molecule has 0 saturated heterocycles. The minimum absolute atomic E-state index is 0.151. The lowest BCUT2D eigenvalue weighted by Gasteiger charge is -2.20. The van der Waals surface area contributed by atoms with Crippen LogP contribution < -0.4 is 10.9 Å². The van der Waals surface area contributed by atoms with E-state index in [1.165, 1.54) is 17.3 Å². The number of thioether (sulfide) groups is 1. The molecule has 1 aliphatic carbocycles. The third-order valence-corrected chi connectivity index (χ3v) is 5.16. The number of aromatic nitrogens is 2. The van der Waals surface area contributed by atoms with E-state index in [1.54, 1.807) is 18.3 Å². The molecule has 0 radical (unpaired) electrons. The van der Waals surface area contributed by atoms with Gasteiger partial charge in [-0.25, -0.2) is 0 Å². The number of rotatable bonds is 4. The molecule has 0 fully saturated rings. The zero-order valence-corrected chi connectivity index (χ0v) is 14.4. The standard InChI is InChI=1S/C16H17ClN4O2S/c17-12-3-5-13(6-4-12)24-9-15(22)20-21-16(23)10-1-2-11-8-18-19-14(11)7-10/h3-6,8,10H,1-2,7,9H2,(H,18,19)(H,20,22)(H,21,23)/t10-/m1/s1. The molecule has 126 valence electrons. The Morgan fingerprint density at radius 1 is 1.29 bits per heavy atom. The van der Waals surface area contributed by atoms with Crippen molar-refractivity contribution in [3.05, 3.63) is 46.7 Å². The highest BCUT2D eigenvalue weighted by Crippen LogP contribution is 2.23. The fraction of sp³-hybridized carbons (Fsp3) is 0.312. The third kappa shape index (κ3) is 4.30. The topological polar surface area (TPSA) is 86.9 Å². The molecule has 2 aromatic rings. The van der Waals surface area contributed by atoms with Crippen molar-refractivity contribution in [1.29, 1.82) is 0 Å². The number of fused-ring (bicyclic) bond motifs is 1. The second-order valence-electron chi connectivity index (χ2n) is 5.59. The Kier molecular flexibility index (Phi) is 5.42. The van der Waals surface area contributed by atoms with Gasteiger partial charge in [-0.05, 0) is 42.7 Å². The molecule has 0 bridgehead atoms.